The number of ether oxygens (including phenoxy) is 2. The van der Waals surface area contributed by atoms with Crippen LogP contribution >= 0.6 is 0 Å². The van der Waals surface area contributed by atoms with Crippen LogP contribution in [-0.2, 0) is 18.5 Å². The maximum Gasteiger partial charge on any atom is 0.226 e. The highest BCUT2D eigenvalue weighted by atomic mass is 19.1. The van der Waals surface area contributed by atoms with Crippen LogP contribution in [0.3, 0.4) is 0 Å². The van der Waals surface area contributed by atoms with Crippen LogP contribution < -0.4 is 20.5 Å². The molecule has 41 heavy (non-hydrogen) atoms. The van der Waals surface area contributed by atoms with Crippen molar-refractivity contribution in [1.82, 2.24) is 19.6 Å². The summed E-state index contributed by atoms with van der Waals surface area (Å²) < 4.78 is 41.4. The van der Waals surface area contributed by atoms with Crippen molar-refractivity contribution in [2.45, 2.75) is 44.7 Å². The Hall–Kier alpha value is -4.31. The Morgan fingerprint density at radius 3 is 2.51 bits per heavy atom. The molecule has 1 aliphatic rings. The van der Waals surface area contributed by atoms with Gasteiger partial charge >= 0.3 is 0 Å². The van der Waals surface area contributed by atoms with Crippen LogP contribution in [0.25, 0.3) is 16.6 Å². The molecule has 3 aromatic carbocycles. The van der Waals surface area contributed by atoms with Gasteiger partial charge in [0.1, 0.15) is 22.8 Å². The van der Waals surface area contributed by atoms with Crippen molar-refractivity contribution >= 4 is 22.5 Å². The number of nitrogens with one attached hydrogen (secondary N) is 1. The molecule has 1 saturated carbocycles. The van der Waals surface area contributed by atoms with Crippen molar-refractivity contribution in [1.29, 1.82) is 0 Å². The number of halogens is 2. The van der Waals surface area contributed by atoms with Crippen molar-refractivity contribution in [2.24, 2.45) is 11.7 Å². The first-order valence-electron chi connectivity index (χ1n) is 13.5. The number of fused-ring (bicyclic) bond motifs is 3. The summed E-state index contributed by atoms with van der Waals surface area (Å²) in [5.41, 5.74) is 9.40. The molecule has 10 heteroatoms. The molecular formula is C31H32F2N6O2. The summed E-state index contributed by atoms with van der Waals surface area (Å²) in [6.07, 6.45) is 1.66. The number of methoxy groups -OCH3 is 2. The van der Waals surface area contributed by atoms with Gasteiger partial charge in [0.2, 0.25) is 5.95 Å². The second-order valence-electron chi connectivity index (χ2n) is 11.2. The summed E-state index contributed by atoms with van der Waals surface area (Å²) in [7, 11) is 3.17. The fraction of sp³-hybridized carbons (Fsp3) is 0.323. The molecular weight excluding hydrogens is 526 g/mol. The topological polar surface area (TPSA) is 99.6 Å². The van der Waals surface area contributed by atoms with Gasteiger partial charge in [0, 0.05) is 36.2 Å². The van der Waals surface area contributed by atoms with E-state index < -0.39 is 11.6 Å². The van der Waals surface area contributed by atoms with E-state index >= 15 is 0 Å². The number of anilines is 1. The molecule has 2 heterocycles. The first-order chi connectivity index (χ1) is 19.6. The lowest BCUT2D eigenvalue weighted by Crippen LogP contribution is -2.28. The average molecular weight is 559 g/mol. The van der Waals surface area contributed by atoms with Gasteiger partial charge in [-0.15, -0.1) is 5.10 Å². The van der Waals surface area contributed by atoms with E-state index in [0.29, 0.717) is 53.7 Å². The van der Waals surface area contributed by atoms with Crippen molar-refractivity contribution in [3.8, 4) is 11.5 Å². The summed E-state index contributed by atoms with van der Waals surface area (Å²) in [6, 6.07) is 16.0. The number of benzene rings is 3. The molecule has 0 saturated heterocycles. The minimum Gasteiger partial charge on any atom is -0.497 e. The third kappa shape index (κ3) is 5.27. The highest BCUT2D eigenvalue weighted by Gasteiger charge is 2.39. The molecule has 1 aliphatic carbocycles. The smallest absolute Gasteiger partial charge is 0.226 e. The Balaban J connectivity index is 1.30. The molecule has 5 aromatic rings. The summed E-state index contributed by atoms with van der Waals surface area (Å²) in [5, 5.41) is 8.23. The monoisotopic (exact) mass is 558 g/mol. The second-order valence-corrected chi connectivity index (χ2v) is 11.2. The minimum absolute atomic E-state index is 0.0225. The second kappa shape index (κ2) is 10.3. The molecule has 3 N–H and O–H groups in total. The summed E-state index contributed by atoms with van der Waals surface area (Å²) in [4.78, 5) is 9.21. The Kier molecular flexibility index (Phi) is 6.73. The van der Waals surface area contributed by atoms with Gasteiger partial charge in [0.25, 0.3) is 0 Å². The van der Waals surface area contributed by atoms with Crippen molar-refractivity contribution in [3.63, 3.8) is 0 Å². The largest absolute Gasteiger partial charge is 0.497 e. The zero-order valence-electron chi connectivity index (χ0n) is 23.4. The molecule has 0 bridgehead atoms. The fourth-order valence-corrected chi connectivity index (χ4v) is 5.33. The van der Waals surface area contributed by atoms with Crippen LogP contribution in [0, 0.1) is 17.6 Å². The molecule has 0 aliphatic heterocycles. The van der Waals surface area contributed by atoms with Crippen LogP contribution in [0.5, 0.6) is 11.5 Å². The van der Waals surface area contributed by atoms with Gasteiger partial charge in [-0.2, -0.15) is 4.52 Å². The number of hydrogen-bond donors (Lipinski definition) is 2. The van der Waals surface area contributed by atoms with Gasteiger partial charge in [0.05, 0.1) is 19.6 Å². The van der Waals surface area contributed by atoms with Crippen LogP contribution in [0.4, 0.5) is 14.7 Å². The standard InChI is InChI=1S/C31H32F2N6O2/c1-31(2,34)20-8-5-17(6-9-20)23-11-19(23)12-27-36-29-24-13-21(32)14-25(33)28(24)37-30(39(29)38-27)35-16-18-7-10-22(40-3)15-26(18)41-4/h5-10,13-15,19,23H,11-12,16,34H2,1-4H3,(H,35,37). The summed E-state index contributed by atoms with van der Waals surface area (Å²) in [6.45, 7) is 4.30. The SMILES string of the molecule is COc1ccc(CNc2nc3c(F)cc(F)cc3c3nc(CC4CC4c4ccc(C(C)(C)N)cc4)nn23)c(OC)c1. The summed E-state index contributed by atoms with van der Waals surface area (Å²) in [5.74, 6) is 1.51. The van der Waals surface area contributed by atoms with Gasteiger partial charge in [-0.1, -0.05) is 24.3 Å². The molecule has 0 radical (unpaired) electrons. The zero-order chi connectivity index (χ0) is 28.9. The van der Waals surface area contributed by atoms with E-state index in [-0.39, 0.29) is 16.4 Å². The van der Waals surface area contributed by atoms with Crippen molar-refractivity contribution in [3.05, 3.63) is 88.7 Å². The molecule has 2 atom stereocenters. The zero-order valence-corrected chi connectivity index (χ0v) is 23.4. The van der Waals surface area contributed by atoms with E-state index in [0.717, 1.165) is 23.6 Å². The maximum absolute atomic E-state index is 14.9. The molecule has 2 aromatic heterocycles. The van der Waals surface area contributed by atoms with Crippen molar-refractivity contribution < 1.29 is 18.3 Å². The summed E-state index contributed by atoms with van der Waals surface area (Å²) >= 11 is 0. The molecule has 0 spiro atoms. The van der Waals surface area contributed by atoms with Crippen LogP contribution in [-0.4, -0.2) is 33.8 Å². The third-order valence-corrected chi connectivity index (χ3v) is 7.72. The molecule has 2 unspecified atom stereocenters. The van der Waals surface area contributed by atoms with E-state index in [4.69, 9.17) is 25.3 Å². The Morgan fingerprint density at radius 2 is 1.80 bits per heavy atom. The fourth-order valence-electron chi connectivity index (χ4n) is 5.33. The van der Waals surface area contributed by atoms with E-state index in [1.165, 1.54) is 16.1 Å². The van der Waals surface area contributed by atoms with Gasteiger partial charge < -0.3 is 20.5 Å². The maximum atomic E-state index is 14.9. The Labute approximate surface area is 236 Å². The number of nitrogens with zero attached hydrogens (tertiary/aromatic N) is 4. The third-order valence-electron chi connectivity index (χ3n) is 7.72. The molecule has 6 rings (SSSR count). The number of nitrogens with two attached hydrogens (primary N) is 1. The van der Waals surface area contributed by atoms with E-state index in [2.05, 4.69) is 34.6 Å². The van der Waals surface area contributed by atoms with Gasteiger partial charge in [-0.05, 0) is 61.4 Å². The van der Waals surface area contributed by atoms with Crippen molar-refractivity contribution in [2.75, 3.05) is 19.5 Å². The molecule has 1 fully saturated rings. The normalized spacial score (nSPS) is 16.8. The molecule has 8 nitrogen and oxygen atoms in total. The lowest BCUT2D eigenvalue weighted by Gasteiger charge is -2.19. The average Bonchev–Trinajstić information content (AvgIpc) is 3.58. The predicted molar refractivity (Wildman–Crippen MR) is 153 cm³/mol. The van der Waals surface area contributed by atoms with E-state index in [9.17, 15) is 8.78 Å². The lowest BCUT2D eigenvalue weighted by atomic mass is 9.94. The molecule has 0 amide bonds. The quantitative estimate of drug-likeness (QED) is 0.239. The number of aromatic nitrogens is 4. The molecule has 212 valence electrons. The van der Waals surface area contributed by atoms with Crippen LogP contribution in [0.2, 0.25) is 0 Å². The van der Waals surface area contributed by atoms with Crippen LogP contribution in [0.15, 0.2) is 54.6 Å². The van der Waals surface area contributed by atoms with Gasteiger partial charge in [-0.25, -0.2) is 18.7 Å². The Bertz CT molecular complexity index is 1750. The minimum atomic E-state index is -0.761. The first kappa shape index (κ1) is 26.9. The van der Waals surface area contributed by atoms with E-state index in [1.54, 1.807) is 20.3 Å². The van der Waals surface area contributed by atoms with E-state index in [1.807, 2.05) is 26.0 Å². The van der Waals surface area contributed by atoms with Crippen LogP contribution in [0.1, 0.15) is 48.7 Å². The first-order valence-corrected chi connectivity index (χ1v) is 13.5. The predicted octanol–water partition coefficient (Wildman–Crippen LogP) is 5.73. The lowest BCUT2D eigenvalue weighted by molar-refractivity contribution is 0.391. The number of rotatable bonds is 9. The van der Waals surface area contributed by atoms with Gasteiger partial charge in [-0.3, -0.25) is 0 Å². The highest BCUT2D eigenvalue weighted by Crippen LogP contribution is 2.49. The van der Waals surface area contributed by atoms with Gasteiger partial charge in [0.15, 0.2) is 17.3 Å². The number of hydrogen-bond acceptors (Lipinski definition) is 7. The highest BCUT2D eigenvalue weighted by molar-refractivity contribution is 5.92. The Morgan fingerprint density at radius 1 is 1.02 bits per heavy atom.